The van der Waals surface area contributed by atoms with E-state index in [2.05, 4.69) is 18.2 Å². The molecule has 0 radical (unpaired) electrons. The fraction of sp³-hybridized carbons (Fsp3) is 0.636. The summed E-state index contributed by atoms with van der Waals surface area (Å²) in [6.45, 7) is 0. The number of carbonyl (C=O) groups excluding carboxylic acids is 1. The van der Waals surface area contributed by atoms with Gasteiger partial charge >= 0.3 is 0 Å². The maximum Gasteiger partial charge on any atom is 0.231 e. The summed E-state index contributed by atoms with van der Waals surface area (Å²) in [4.78, 5) is 19.5. The van der Waals surface area contributed by atoms with Crippen LogP contribution in [-0.4, -0.2) is 37.0 Å². The first-order valence-corrected chi connectivity index (χ1v) is 10.3. The first-order valence-electron chi connectivity index (χ1n) is 10.3. The first-order chi connectivity index (χ1) is 13.0. The summed E-state index contributed by atoms with van der Waals surface area (Å²) in [5.74, 6) is 1.14. The van der Waals surface area contributed by atoms with Gasteiger partial charge in [0.1, 0.15) is 5.54 Å². The number of rotatable bonds is 2. The molecule has 1 atom stereocenters. The topological polar surface area (TPSA) is 67.9 Å². The van der Waals surface area contributed by atoms with E-state index in [1.165, 1.54) is 34.4 Å². The molecule has 144 valence electrons. The van der Waals surface area contributed by atoms with Crippen LogP contribution in [-0.2, 0) is 21.5 Å². The normalized spacial score (nSPS) is 35.6. The number of methoxy groups -OCH3 is 1. The van der Waals surface area contributed by atoms with Crippen LogP contribution in [0.15, 0.2) is 23.2 Å². The number of ether oxygens (including phenoxy) is 1. The molecule has 0 aromatic heterocycles. The van der Waals surface area contributed by atoms with E-state index in [0.717, 1.165) is 32.1 Å². The summed E-state index contributed by atoms with van der Waals surface area (Å²) >= 11 is 0. The number of nitrogens with zero attached hydrogens (tertiary/aromatic N) is 2. The molecular formula is C22H29N3O2. The Morgan fingerprint density at radius 2 is 1.93 bits per heavy atom. The third-order valence-electron chi connectivity index (χ3n) is 7.69. The van der Waals surface area contributed by atoms with E-state index in [0.29, 0.717) is 24.4 Å². The Morgan fingerprint density at radius 3 is 2.56 bits per heavy atom. The minimum absolute atomic E-state index is 0.0198. The monoisotopic (exact) mass is 367 g/mol. The zero-order valence-corrected chi connectivity index (χ0v) is 16.3. The highest BCUT2D eigenvalue weighted by Crippen LogP contribution is 2.62. The number of carbonyl (C=O) groups is 1. The molecule has 2 fully saturated rings. The largest absolute Gasteiger partial charge is 0.381 e. The zero-order chi connectivity index (χ0) is 18.8. The van der Waals surface area contributed by atoms with Crippen LogP contribution in [0.5, 0.6) is 0 Å². The molecule has 1 amide bonds. The quantitative estimate of drug-likeness (QED) is 0.873. The van der Waals surface area contributed by atoms with Gasteiger partial charge in [0.15, 0.2) is 5.96 Å². The second kappa shape index (κ2) is 5.81. The third-order valence-corrected chi connectivity index (χ3v) is 7.69. The van der Waals surface area contributed by atoms with Gasteiger partial charge in [-0.2, -0.15) is 0 Å². The van der Waals surface area contributed by atoms with E-state index >= 15 is 0 Å². The van der Waals surface area contributed by atoms with Gasteiger partial charge in [-0.05, 0) is 67.6 Å². The van der Waals surface area contributed by atoms with Gasteiger partial charge in [0, 0.05) is 19.6 Å². The maximum absolute atomic E-state index is 12.9. The lowest BCUT2D eigenvalue weighted by atomic mass is 9.60. The highest BCUT2D eigenvalue weighted by atomic mass is 16.5. The van der Waals surface area contributed by atoms with Crippen LogP contribution in [0.4, 0.5) is 0 Å². The number of benzene rings is 1. The number of fused-ring (bicyclic) bond motifs is 3. The molecule has 2 spiro atoms. The van der Waals surface area contributed by atoms with E-state index in [-0.39, 0.29) is 11.3 Å². The van der Waals surface area contributed by atoms with Gasteiger partial charge < -0.3 is 10.5 Å². The number of hydrogen-bond acceptors (Lipinski definition) is 4. The second-order valence-electron chi connectivity index (χ2n) is 9.04. The number of hydrogen-bond donors (Lipinski definition) is 1. The molecule has 2 N–H and O–H groups in total. The Kier molecular flexibility index (Phi) is 3.71. The summed E-state index contributed by atoms with van der Waals surface area (Å²) in [6, 6.07) is 6.96. The van der Waals surface area contributed by atoms with Crippen molar-refractivity contribution in [2.45, 2.75) is 68.9 Å². The Balaban J connectivity index is 1.65. The second-order valence-corrected chi connectivity index (χ2v) is 9.04. The molecule has 27 heavy (non-hydrogen) atoms. The predicted octanol–water partition coefficient (Wildman–Crippen LogP) is 3.07. The molecule has 5 rings (SSSR count). The lowest BCUT2D eigenvalue weighted by Crippen LogP contribution is -2.54. The summed E-state index contributed by atoms with van der Waals surface area (Å²) in [6.07, 6.45) is 8.43. The van der Waals surface area contributed by atoms with Gasteiger partial charge in [-0.15, -0.1) is 0 Å². The van der Waals surface area contributed by atoms with Crippen molar-refractivity contribution in [1.82, 2.24) is 4.90 Å². The molecule has 5 heteroatoms. The highest BCUT2D eigenvalue weighted by molar-refractivity contribution is 5.99. The van der Waals surface area contributed by atoms with Crippen molar-refractivity contribution in [2.24, 2.45) is 16.1 Å². The van der Waals surface area contributed by atoms with Crippen LogP contribution in [0.2, 0.25) is 0 Å². The summed E-state index contributed by atoms with van der Waals surface area (Å²) < 4.78 is 5.63. The average molecular weight is 367 g/mol. The Morgan fingerprint density at radius 1 is 1.19 bits per heavy atom. The van der Waals surface area contributed by atoms with Crippen molar-refractivity contribution >= 4 is 11.9 Å². The van der Waals surface area contributed by atoms with Crippen LogP contribution < -0.4 is 5.73 Å². The highest BCUT2D eigenvalue weighted by Gasteiger charge is 2.61. The Hall–Kier alpha value is -1.88. The van der Waals surface area contributed by atoms with Gasteiger partial charge in [0.05, 0.1) is 12.5 Å². The Labute approximate surface area is 161 Å². The van der Waals surface area contributed by atoms with Crippen LogP contribution >= 0.6 is 0 Å². The van der Waals surface area contributed by atoms with Gasteiger partial charge in [-0.25, -0.2) is 4.99 Å². The lowest BCUT2D eigenvalue weighted by Gasteiger charge is -2.49. The summed E-state index contributed by atoms with van der Waals surface area (Å²) in [5, 5.41) is 0. The third kappa shape index (κ3) is 2.40. The van der Waals surface area contributed by atoms with E-state index in [1.54, 1.807) is 14.2 Å². The molecule has 1 aromatic rings. The molecule has 1 unspecified atom stereocenters. The smallest absolute Gasteiger partial charge is 0.231 e. The standard InChI is InChI=1S/C22H29N3O2/c1-25-19(26)13-22(24-20(25)23)18-11-15(14-3-4-14)5-6-16(18)12-21(22)9-7-17(27-2)8-10-21/h5-6,11,14,17H,3-4,7-10,12-13H2,1-2H3,(H2,23,24)/t17-,21-,22?. The molecule has 1 aliphatic heterocycles. The van der Waals surface area contributed by atoms with Crippen molar-refractivity contribution in [3.05, 3.63) is 34.9 Å². The zero-order valence-electron chi connectivity index (χ0n) is 16.3. The Bertz CT molecular complexity index is 821. The minimum Gasteiger partial charge on any atom is -0.381 e. The van der Waals surface area contributed by atoms with Crippen molar-refractivity contribution < 1.29 is 9.53 Å². The minimum atomic E-state index is -0.500. The SMILES string of the molecule is CO[C@H]1CC[C@]2(CC1)Cc1ccc(C3CC3)cc1C21CC(=O)N(C)C(N)=N1. The number of aliphatic imine (C=N–C) groups is 1. The first kappa shape index (κ1) is 17.2. The van der Waals surface area contributed by atoms with Crippen molar-refractivity contribution in [1.29, 1.82) is 0 Å². The predicted molar refractivity (Wildman–Crippen MR) is 105 cm³/mol. The van der Waals surface area contributed by atoms with Crippen LogP contribution in [0.1, 0.15) is 67.6 Å². The molecule has 1 heterocycles. The molecular weight excluding hydrogens is 338 g/mol. The molecule has 2 saturated carbocycles. The van der Waals surface area contributed by atoms with Crippen LogP contribution in [0, 0.1) is 5.41 Å². The molecule has 1 aromatic carbocycles. The van der Waals surface area contributed by atoms with E-state index in [4.69, 9.17) is 15.5 Å². The van der Waals surface area contributed by atoms with E-state index in [9.17, 15) is 4.79 Å². The van der Waals surface area contributed by atoms with Gasteiger partial charge in [0.25, 0.3) is 0 Å². The van der Waals surface area contributed by atoms with Crippen molar-refractivity contribution in [3.63, 3.8) is 0 Å². The lowest BCUT2D eigenvalue weighted by molar-refractivity contribution is -0.131. The van der Waals surface area contributed by atoms with Gasteiger partial charge in [0.2, 0.25) is 5.91 Å². The van der Waals surface area contributed by atoms with E-state index in [1.807, 2.05) is 0 Å². The molecule has 5 nitrogen and oxygen atoms in total. The van der Waals surface area contributed by atoms with Gasteiger partial charge in [-0.3, -0.25) is 9.69 Å². The molecule has 3 aliphatic carbocycles. The van der Waals surface area contributed by atoms with E-state index < -0.39 is 5.54 Å². The van der Waals surface area contributed by atoms with Crippen LogP contribution in [0.3, 0.4) is 0 Å². The maximum atomic E-state index is 12.9. The molecule has 0 saturated heterocycles. The van der Waals surface area contributed by atoms with Crippen molar-refractivity contribution in [2.75, 3.05) is 14.2 Å². The van der Waals surface area contributed by atoms with Crippen molar-refractivity contribution in [3.8, 4) is 0 Å². The molecule has 4 aliphatic rings. The fourth-order valence-corrected chi connectivity index (χ4v) is 5.81. The average Bonchev–Trinajstić information content (AvgIpc) is 3.48. The number of guanidine groups is 1. The summed E-state index contributed by atoms with van der Waals surface area (Å²) in [7, 11) is 3.54. The van der Waals surface area contributed by atoms with Gasteiger partial charge in [-0.1, -0.05) is 18.2 Å². The molecule has 0 bridgehead atoms. The fourth-order valence-electron chi connectivity index (χ4n) is 5.81. The number of amides is 1. The number of nitrogens with two attached hydrogens (primary N) is 1. The van der Waals surface area contributed by atoms with Crippen LogP contribution in [0.25, 0.3) is 0 Å². The summed E-state index contributed by atoms with van der Waals surface area (Å²) in [5.41, 5.74) is 9.79.